The van der Waals surface area contributed by atoms with E-state index in [2.05, 4.69) is 20.6 Å². The maximum atomic E-state index is 13.6. The molecule has 0 aliphatic heterocycles. The van der Waals surface area contributed by atoms with E-state index in [0.717, 1.165) is 6.42 Å². The SMILES string of the molecule is C[C@H](CO)NC(=O)Nc1ccc(-c2nc(N)cc(C3(S(=O)(=O)c4ccccc4)CCC3)n2)cc1. The van der Waals surface area contributed by atoms with Crippen LogP contribution in [-0.4, -0.2) is 42.2 Å². The first kappa shape index (κ1) is 23.7. The number of aliphatic hydroxyl groups excluding tert-OH is 1. The van der Waals surface area contributed by atoms with E-state index in [9.17, 15) is 13.2 Å². The number of nitrogen functional groups attached to an aromatic ring is 1. The van der Waals surface area contributed by atoms with Crippen LogP contribution in [-0.2, 0) is 14.6 Å². The van der Waals surface area contributed by atoms with Crippen molar-refractivity contribution in [3.8, 4) is 11.4 Å². The Morgan fingerprint density at radius 2 is 1.79 bits per heavy atom. The highest BCUT2D eigenvalue weighted by Gasteiger charge is 2.52. The molecule has 1 heterocycles. The number of sulfone groups is 1. The van der Waals surface area contributed by atoms with Crippen LogP contribution >= 0.6 is 0 Å². The molecule has 1 fully saturated rings. The lowest BCUT2D eigenvalue weighted by Gasteiger charge is -2.40. The average molecular weight is 482 g/mol. The zero-order chi connectivity index (χ0) is 24.3. The topological polar surface area (TPSA) is 147 Å². The van der Waals surface area contributed by atoms with E-state index in [-0.39, 0.29) is 23.4 Å². The number of urea groups is 1. The molecule has 9 nitrogen and oxygen atoms in total. The first-order valence-electron chi connectivity index (χ1n) is 11.0. The van der Waals surface area contributed by atoms with Crippen LogP contribution in [0.5, 0.6) is 0 Å². The number of benzene rings is 2. The molecule has 1 atom stereocenters. The highest BCUT2D eigenvalue weighted by molar-refractivity contribution is 7.92. The molecule has 10 heteroatoms. The normalized spacial score (nSPS) is 15.7. The quantitative estimate of drug-likeness (QED) is 0.405. The lowest BCUT2D eigenvalue weighted by molar-refractivity contribution is 0.229. The maximum absolute atomic E-state index is 13.6. The molecule has 1 saturated carbocycles. The van der Waals surface area contributed by atoms with Gasteiger partial charge in [-0.1, -0.05) is 18.2 Å². The summed E-state index contributed by atoms with van der Waals surface area (Å²) in [6.07, 6.45) is 1.71. The number of anilines is 2. The van der Waals surface area contributed by atoms with Crippen molar-refractivity contribution in [3.63, 3.8) is 0 Å². The first-order valence-corrected chi connectivity index (χ1v) is 12.5. The van der Waals surface area contributed by atoms with Crippen LogP contribution < -0.4 is 16.4 Å². The Balaban J connectivity index is 1.63. The molecule has 2 amide bonds. The predicted octanol–water partition coefficient (Wildman–Crippen LogP) is 3.08. The summed E-state index contributed by atoms with van der Waals surface area (Å²) in [5, 5.41) is 14.3. The molecule has 0 radical (unpaired) electrons. The number of nitrogens with one attached hydrogen (secondary N) is 2. The summed E-state index contributed by atoms with van der Waals surface area (Å²) in [6.45, 7) is 1.52. The molecule has 34 heavy (non-hydrogen) atoms. The number of nitrogens with two attached hydrogens (primary N) is 1. The van der Waals surface area contributed by atoms with Gasteiger partial charge in [0.15, 0.2) is 15.7 Å². The highest BCUT2D eigenvalue weighted by Crippen LogP contribution is 2.50. The van der Waals surface area contributed by atoms with Gasteiger partial charge in [-0.2, -0.15) is 0 Å². The molecule has 4 rings (SSSR count). The molecule has 0 unspecified atom stereocenters. The van der Waals surface area contributed by atoms with Crippen LogP contribution in [0.15, 0.2) is 65.6 Å². The van der Waals surface area contributed by atoms with Crippen LogP contribution in [0.25, 0.3) is 11.4 Å². The Morgan fingerprint density at radius 3 is 2.38 bits per heavy atom. The van der Waals surface area contributed by atoms with Gasteiger partial charge in [0, 0.05) is 17.3 Å². The Morgan fingerprint density at radius 1 is 1.12 bits per heavy atom. The fraction of sp³-hybridized carbons (Fsp3) is 0.292. The van der Waals surface area contributed by atoms with Crippen LogP contribution in [0.3, 0.4) is 0 Å². The first-order chi connectivity index (χ1) is 16.2. The minimum atomic E-state index is -3.68. The minimum absolute atomic E-state index is 0.164. The summed E-state index contributed by atoms with van der Waals surface area (Å²) in [6, 6.07) is 16.0. The van der Waals surface area contributed by atoms with E-state index in [4.69, 9.17) is 10.8 Å². The average Bonchev–Trinajstić information content (AvgIpc) is 2.78. The molecule has 1 aromatic heterocycles. The lowest BCUT2D eigenvalue weighted by atomic mass is 9.81. The van der Waals surface area contributed by atoms with Gasteiger partial charge >= 0.3 is 6.03 Å². The summed E-state index contributed by atoms with van der Waals surface area (Å²) >= 11 is 0. The summed E-state index contributed by atoms with van der Waals surface area (Å²) in [7, 11) is -3.68. The van der Waals surface area contributed by atoms with E-state index >= 15 is 0 Å². The largest absolute Gasteiger partial charge is 0.394 e. The van der Waals surface area contributed by atoms with E-state index < -0.39 is 20.6 Å². The van der Waals surface area contributed by atoms with E-state index in [0.29, 0.717) is 35.6 Å². The summed E-state index contributed by atoms with van der Waals surface area (Å²) in [4.78, 5) is 21.2. The summed E-state index contributed by atoms with van der Waals surface area (Å²) in [5.74, 6) is 0.503. The number of aliphatic hydroxyl groups is 1. The zero-order valence-corrected chi connectivity index (χ0v) is 19.5. The van der Waals surface area contributed by atoms with Crippen molar-refractivity contribution in [1.82, 2.24) is 15.3 Å². The van der Waals surface area contributed by atoms with Crippen LogP contribution in [0.1, 0.15) is 31.9 Å². The molecule has 1 aliphatic rings. The van der Waals surface area contributed by atoms with Crippen LogP contribution in [0.4, 0.5) is 16.3 Å². The fourth-order valence-corrected chi connectivity index (χ4v) is 6.13. The Kier molecular flexibility index (Phi) is 6.54. The van der Waals surface area contributed by atoms with Crippen molar-refractivity contribution < 1.29 is 18.3 Å². The number of nitrogens with zero attached hydrogens (tertiary/aromatic N) is 2. The standard InChI is InChI=1S/C24H27N5O4S/c1-16(15-30)26-23(31)27-18-10-8-17(9-11-18)22-28-20(14-21(25)29-22)24(12-5-13-24)34(32,33)19-6-3-2-4-7-19/h2-4,6-11,14,16,30H,5,12-13,15H2,1H3,(H2,25,28,29)(H2,26,27,31)/t16-/m1/s1. The minimum Gasteiger partial charge on any atom is -0.394 e. The van der Waals surface area contributed by atoms with Gasteiger partial charge in [0.25, 0.3) is 0 Å². The Labute approximate surface area is 198 Å². The monoisotopic (exact) mass is 481 g/mol. The van der Waals surface area contributed by atoms with Crippen molar-refractivity contribution in [3.05, 3.63) is 66.4 Å². The molecule has 0 spiro atoms. The molecular weight excluding hydrogens is 454 g/mol. The Bertz CT molecular complexity index is 1280. The van der Waals surface area contributed by atoms with E-state index in [1.54, 1.807) is 67.6 Å². The van der Waals surface area contributed by atoms with Gasteiger partial charge in [0.05, 0.1) is 23.2 Å². The number of hydrogen-bond acceptors (Lipinski definition) is 7. The highest BCUT2D eigenvalue weighted by atomic mass is 32.2. The van der Waals surface area contributed by atoms with Crippen LogP contribution in [0, 0.1) is 0 Å². The smallest absolute Gasteiger partial charge is 0.319 e. The molecule has 0 bridgehead atoms. The predicted molar refractivity (Wildman–Crippen MR) is 130 cm³/mol. The molecule has 0 saturated heterocycles. The molecule has 1 aliphatic carbocycles. The molecule has 2 aromatic carbocycles. The van der Waals surface area contributed by atoms with E-state index in [1.807, 2.05) is 0 Å². The zero-order valence-electron chi connectivity index (χ0n) is 18.7. The number of amides is 2. The summed E-state index contributed by atoms with van der Waals surface area (Å²) < 4.78 is 26.0. The number of hydrogen-bond donors (Lipinski definition) is 4. The van der Waals surface area contributed by atoms with Gasteiger partial charge in [-0.3, -0.25) is 0 Å². The molecular formula is C24H27N5O4S. The number of carbonyl (C=O) groups excluding carboxylic acids is 1. The summed E-state index contributed by atoms with van der Waals surface area (Å²) in [5.41, 5.74) is 7.64. The second kappa shape index (κ2) is 9.40. The molecule has 3 aromatic rings. The fourth-order valence-electron chi connectivity index (χ4n) is 3.95. The molecule has 178 valence electrons. The number of aromatic nitrogens is 2. The second-order valence-corrected chi connectivity index (χ2v) is 10.7. The maximum Gasteiger partial charge on any atom is 0.319 e. The van der Waals surface area contributed by atoms with E-state index in [1.165, 1.54) is 0 Å². The van der Waals surface area contributed by atoms with Gasteiger partial charge in [-0.15, -0.1) is 0 Å². The van der Waals surface area contributed by atoms with Crippen molar-refractivity contribution >= 4 is 27.4 Å². The molecule has 5 N–H and O–H groups in total. The number of rotatable bonds is 7. The third kappa shape index (κ3) is 4.46. The van der Waals surface area contributed by atoms with Gasteiger partial charge < -0.3 is 21.5 Å². The number of carbonyl (C=O) groups is 1. The Hall–Kier alpha value is -3.50. The third-order valence-electron chi connectivity index (χ3n) is 5.99. The third-order valence-corrected chi connectivity index (χ3v) is 8.53. The van der Waals surface area contributed by atoms with Gasteiger partial charge in [-0.05, 0) is 62.6 Å². The van der Waals surface area contributed by atoms with Gasteiger partial charge in [0.2, 0.25) is 0 Å². The van der Waals surface area contributed by atoms with Crippen molar-refractivity contribution in [2.24, 2.45) is 0 Å². The van der Waals surface area contributed by atoms with Gasteiger partial charge in [0.1, 0.15) is 10.6 Å². The van der Waals surface area contributed by atoms with Crippen molar-refractivity contribution in [2.45, 2.75) is 41.9 Å². The lowest BCUT2D eigenvalue weighted by Crippen LogP contribution is -2.43. The van der Waals surface area contributed by atoms with Crippen molar-refractivity contribution in [2.75, 3.05) is 17.7 Å². The van der Waals surface area contributed by atoms with Crippen LogP contribution in [0.2, 0.25) is 0 Å². The second-order valence-electron chi connectivity index (χ2n) is 8.43. The van der Waals surface area contributed by atoms with Crippen molar-refractivity contribution in [1.29, 1.82) is 0 Å². The van der Waals surface area contributed by atoms with Gasteiger partial charge in [-0.25, -0.2) is 23.2 Å².